The molecule has 0 radical (unpaired) electrons. The fraction of sp³-hybridized carbons (Fsp3) is 0.500. The van der Waals surface area contributed by atoms with Gasteiger partial charge in [-0.15, -0.1) is 0 Å². The molecule has 1 fully saturated rings. The third kappa shape index (κ3) is 3.51. The van der Waals surface area contributed by atoms with E-state index < -0.39 is 9.85 Å². The number of nitrogens with zero attached hydrogens (tertiary/aromatic N) is 3. The molecule has 1 aromatic carbocycles. The molecule has 1 atom stereocenters. The second-order valence-electron chi connectivity index (χ2n) is 4.71. The Morgan fingerprint density at radius 1 is 1.33 bits per heavy atom. The van der Waals surface area contributed by atoms with Crippen LogP contribution in [0.4, 0.5) is 11.4 Å². The smallest absolute Gasteiger partial charge is 0.280 e. The Kier molecular flexibility index (Phi) is 4.78. The van der Waals surface area contributed by atoms with E-state index >= 15 is 0 Å². The zero-order valence-electron chi connectivity index (χ0n) is 11.2. The van der Waals surface area contributed by atoms with Gasteiger partial charge in [-0.05, 0) is 6.07 Å². The van der Waals surface area contributed by atoms with Crippen LogP contribution in [0, 0.1) is 20.2 Å². The molecule has 114 valence electrons. The molecule has 9 heteroatoms. The maximum absolute atomic E-state index is 11.1. The topological polar surface area (TPSA) is 119 Å². The Bertz CT molecular complexity index is 550. The summed E-state index contributed by atoms with van der Waals surface area (Å²) >= 11 is 0. The highest BCUT2D eigenvalue weighted by molar-refractivity contribution is 5.49. The fourth-order valence-corrected chi connectivity index (χ4v) is 2.25. The summed E-state index contributed by atoms with van der Waals surface area (Å²) in [6, 6.07) is 3.37. The van der Waals surface area contributed by atoms with Crippen molar-refractivity contribution in [1.29, 1.82) is 0 Å². The Labute approximate surface area is 120 Å². The van der Waals surface area contributed by atoms with E-state index in [1.807, 2.05) is 4.90 Å². The van der Waals surface area contributed by atoms with E-state index in [2.05, 4.69) is 0 Å². The van der Waals surface area contributed by atoms with E-state index in [0.29, 0.717) is 25.3 Å². The maximum atomic E-state index is 11.1. The number of nitro groups is 2. The predicted molar refractivity (Wildman–Crippen MR) is 71.9 cm³/mol. The van der Waals surface area contributed by atoms with Gasteiger partial charge in [0.1, 0.15) is 0 Å². The number of hydrogen-bond acceptors (Lipinski definition) is 7. The lowest BCUT2D eigenvalue weighted by atomic mass is 10.1. The van der Waals surface area contributed by atoms with Crippen molar-refractivity contribution < 1.29 is 19.7 Å². The molecule has 1 unspecified atom stereocenters. The van der Waals surface area contributed by atoms with Crippen molar-refractivity contribution in [2.75, 3.05) is 26.4 Å². The van der Waals surface area contributed by atoms with Crippen LogP contribution in [0.3, 0.4) is 0 Å². The number of benzene rings is 1. The number of hydrogen-bond donors (Lipinski definition) is 1. The number of morpholine rings is 1. The highest BCUT2D eigenvalue weighted by Crippen LogP contribution is 2.26. The van der Waals surface area contributed by atoms with Crippen molar-refractivity contribution in [2.45, 2.75) is 12.6 Å². The molecule has 0 spiro atoms. The monoisotopic (exact) mass is 297 g/mol. The van der Waals surface area contributed by atoms with Gasteiger partial charge in [-0.25, -0.2) is 0 Å². The second kappa shape index (κ2) is 6.57. The van der Waals surface area contributed by atoms with Crippen molar-refractivity contribution >= 4 is 11.4 Å². The summed E-state index contributed by atoms with van der Waals surface area (Å²) in [5.74, 6) is 0. The van der Waals surface area contributed by atoms with Crippen LogP contribution in [0.25, 0.3) is 0 Å². The first-order valence-corrected chi connectivity index (χ1v) is 6.37. The Balaban J connectivity index is 2.26. The molecule has 0 amide bonds. The minimum Gasteiger partial charge on any atom is -0.395 e. The Morgan fingerprint density at radius 3 is 2.71 bits per heavy atom. The van der Waals surface area contributed by atoms with Gasteiger partial charge in [-0.2, -0.15) is 0 Å². The van der Waals surface area contributed by atoms with Crippen molar-refractivity contribution in [3.05, 3.63) is 44.0 Å². The lowest BCUT2D eigenvalue weighted by Crippen LogP contribution is -2.46. The molecule has 21 heavy (non-hydrogen) atoms. The minimum atomic E-state index is -0.665. The molecule has 2 rings (SSSR count). The molecule has 0 aromatic heterocycles. The molecule has 1 heterocycles. The summed E-state index contributed by atoms with van der Waals surface area (Å²) in [4.78, 5) is 22.4. The van der Waals surface area contributed by atoms with Gasteiger partial charge in [0.2, 0.25) is 0 Å². The fourth-order valence-electron chi connectivity index (χ4n) is 2.25. The lowest BCUT2D eigenvalue weighted by molar-refractivity contribution is -0.394. The van der Waals surface area contributed by atoms with Gasteiger partial charge in [0, 0.05) is 24.7 Å². The largest absolute Gasteiger partial charge is 0.395 e. The van der Waals surface area contributed by atoms with Crippen LogP contribution in [0.2, 0.25) is 0 Å². The van der Waals surface area contributed by atoms with Gasteiger partial charge in [0.05, 0.1) is 41.8 Å². The molecule has 0 bridgehead atoms. The van der Waals surface area contributed by atoms with Gasteiger partial charge in [-0.3, -0.25) is 25.1 Å². The van der Waals surface area contributed by atoms with E-state index in [-0.39, 0.29) is 30.6 Å². The van der Waals surface area contributed by atoms with E-state index in [0.717, 1.165) is 6.07 Å². The maximum Gasteiger partial charge on any atom is 0.280 e. The SMILES string of the molecule is O=[N+]([O-])c1ccc(CN2CCOCC2CO)c([N+](=O)[O-])c1. The number of nitro benzene ring substituents is 2. The molecule has 1 aliphatic rings. The van der Waals surface area contributed by atoms with Gasteiger partial charge in [0.15, 0.2) is 0 Å². The van der Waals surface area contributed by atoms with Crippen molar-refractivity contribution in [3.8, 4) is 0 Å². The van der Waals surface area contributed by atoms with Crippen LogP contribution in [0.15, 0.2) is 18.2 Å². The molecule has 1 aromatic rings. The van der Waals surface area contributed by atoms with Crippen LogP contribution in [-0.4, -0.2) is 52.3 Å². The highest BCUT2D eigenvalue weighted by Gasteiger charge is 2.26. The van der Waals surface area contributed by atoms with Crippen LogP contribution in [0.5, 0.6) is 0 Å². The second-order valence-corrected chi connectivity index (χ2v) is 4.71. The van der Waals surface area contributed by atoms with Gasteiger partial charge in [-0.1, -0.05) is 0 Å². The van der Waals surface area contributed by atoms with E-state index in [1.54, 1.807) is 0 Å². The molecular weight excluding hydrogens is 282 g/mol. The zero-order chi connectivity index (χ0) is 15.4. The summed E-state index contributed by atoms with van der Waals surface area (Å²) in [7, 11) is 0. The minimum absolute atomic E-state index is 0.110. The first-order valence-electron chi connectivity index (χ1n) is 6.37. The lowest BCUT2D eigenvalue weighted by Gasteiger charge is -2.34. The molecule has 1 aliphatic heterocycles. The first-order chi connectivity index (χ1) is 10.0. The molecular formula is C12H15N3O6. The summed E-state index contributed by atoms with van der Waals surface area (Å²) in [5.41, 5.74) is -0.218. The summed E-state index contributed by atoms with van der Waals surface area (Å²) < 4.78 is 5.24. The van der Waals surface area contributed by atoms with Crippen molar-refractivity contribution in [1.82, 2.24) is 4.90 Å². The summed E-state index contributed by atoms with van der Waals surface area (Å²) in [6.45, 7) is 1.51. The molecule has 0 aliphatic carbocycles. The van der Waals surface area contributed by atoms with Gasteiger partial charge in [0.25, 0.3) is 11.4 Å². The first kappa shape index (κ1) is 15.3. The molecule has 1 N–H and O–H groups in total. The summed E-state index contributed by atoms with van der Waals surface area (Å²) in [6.07, 6.45) is 0. The van der Waals surface area contributed by atoms with Crippen LogP contribution >= 0.6 is 0 Å². The van der Waals surface area contributed by atoms with E-state index in [4.69, 9.17) is 4.74 Å². The number of aliphatic hydroxyl groups excluding tert-OH is 1. The number of rotatable bonds is 5. The van der Waals surface area contributed by atoms with Crippen LogP contribution < -0.4 is 0 Å². The highest BCUT2D eigenvalue weighted by atomic mass is 16.6. The number of aliphatic hydroxyl groups is 1. The van der Waals surface area contributed by atoms with Crippen LogP contribution in [0.1, 0.15) is 5.56 Å². The predicted octanol–water partition coefficient (Wildman–Crippen LogP) is 0.696. The third-order valence-corrected chi connectivity index (χ3v) is 3.41. The number of ether oxygens (including phenoxy) is 1. The standard InChI is InChI=1S/C12H15N3O6/c16-7-11-8-21-4-3-13(11)6-9-1-2-10(14(17)18)5-12(9)15(19)20/h1-2,5,11,16H,3-4,6-8H2. The Morgan fingerprint density at radius 2 is 2.10 bits per heavy atom. The zero-order valence-corrected chi connectivity index (χ0v) is 11.2. The quantitative estimate of drug-likeness (QED) is 0.627. The number of non-ortho nitro benzene ring substituents is 1. The van der Waals surface area contributed by atoms with Crippen LogP contribution in [-0.2, 0) is 11.3 Å². The van der Waals surface area contributed by atoms with Gasteiger partial charge >= 0.3 is 0 Å². The Hall–Kier alpha value is -2.10. The van der Waals surface area contributed by atoms with Crippen molar-refractivity contribution in [3.63, 3.8) is 0 Å². The molecule has 0 saturated carbocycles. The van der Waals surface area contributed by atoms with Crippen molar-refractivity contribution in [2.24, 2.45) is 0 Å². The average molecular weight is 297 g/mol. The van der Waals surface area contributed by atoms with Gasteiger partial charge < -0.3 is 9.84 Å². The summed E-state index contributed by atoms with van der Waals surface area (Å²) in [5, 5.41) is 31.1. The average Bonchev–Trinajstić information content (AvgIpc) is 2.47. The molecule has 9 nitrogen and oxygen atoms in total. The normalized spacial score (nSPS) is 19.4. The van der Waals surface area contributed by atoms with E-state index in [1.165, 1.54) is 12.1 Å². The van der Waals surface area contributed by atoms with E-state index in [9.17, 15) is 25.3 Å². The third-order valence-electron chi connectivity index (χ3n) is 3.41. The molecule has 1 saturated heterocycles.